The van der Waals surface area contributed by atoms with Gasteiger partial charge in [0.2, 0.25) is 5.91 Å². The molecule has 0 saturated carbocycles. The highest BCUT2D eigenvalue weighted by molar-refractivity contribution is 8.00. The number of carbonyl (C=O) groups excluding carboxylic acids is 2. The molecule has 0 radical (unpaired) electrons. The Morgan fingerprint density at radius 1 is 1.30 bits per heavy atom. The second-order valence-corrected chi connectivity index (χ2v) is 7.23. The van der Waals surface area contributed by atoms with Crippen molar-refractivity contribution in [2.45, 2.75) is 43.0 Å². The van der Waals surface area contributed by atoms with Crippen LogP contribution in [0.4, 0.5) is 4.79 Å². The number of hydrogen-bond acceptors (Lipinski definition) is 5. The van der Waals surface area contributed by atoms with E-state index in [0.29, 0.717) is 24.8 Å². The largest absolute Gasteiger partial charge is 0.383 e. The van der Waals surface area contributed by atoms with Gasteiger partial charge in [0.05, 0.1) is 18.7 Å². The summed E-state index contributed by atoms with van der Waals surface area (Å²) in [6, 6.07) is 0.509. The molecule has 0 spiro atoms. The molecule has 2 aliphatic rings. The minimum Gasteiger partial charge on any atom is -0.383 e. The molecule has 0 bridgehead atoms. The molecule has 2 aliphatic heterocycles. The van der Waals surface area contributed by atoms with Crippen LogP contribution in [-0.2, 0) is 9.53 Å². The predicted molar refractivity (Wildman–Crippen MR) is 91.7 cm³/mol. The quantitative estimate of drug-likeness (QED) is 0.314. The predicted octanol–water partition coefficient (Wildman–Crippen LogP) is 0.0644. The fourth-order valence-corrected chi connectivity index (χ4v) is 4.50. The first-order chi connectivity index (χ1) is 11.2. The van der Waals surface area contributed by atoms with Crippen molar-refractivity contribution in [3.05, 3.63) is 0 Å². The van der Waals surface area contributed by atoms with Crippen LogP contribution in [0.15, 0.2) is 0 Å². The Hall–Kier alpha value is -0.990. The number of hydrogen-bond donors (Lipinski definition) is 4. The third-order valence-electron chi connectivity index (χ3n) is 4.19. The fraction of sp³-hybridized carbons (Fsp3) is 0.867. The second kappa shape index (κ2) is 10.00. The van der Waals surface area contributed by atoms with Gasteiger partial charge in [-0.3, -0.25) is 4.79 Å². The van der Waals surface area contributed by atoms with Crippen LogP contribution in [0.2, 0.25) is 0 Å². The number of nitrogens with one attached hydrogen (secondary N) is 4. The summed E-state index contributed by atoms with van der Waals surface area (Å²) in [5.74, 6) is 1.11. The SMILES string of the molecule is COCCNCCNC(=O)CCCC[C@@H]1SC[C@@H]2NC(=O)N[C@@H]21. The van der Waals surface area contributed by atoms with Crippen molar-refractivity contribution >= 4 is 23.7 Å². The van der Waals surface area contributed by atoms with Crippen molar-refractivity contribution in [2.75, 3.05) is 39.1 Å². The highest BCUT2D eigenvalue weighted by Crippen LogP contribution is 2.33. The molecule has 2 saturated heterocycles. The molecule has 2 heterocycles. The Morgan fingerprint density at radius 2 is 2.17 bits per heavy atom. The average Bonchev–Trinajstić information content (AvgIpc) is 3.07. The maximum absolute atomic E-state index is 11.7. The Kier molecular flexibility index (Phi) is 7.98. The number of rotatable bonds is 11. The minimum atomic E-state index is -0.0382. The lowest BCUT2D eigenvalue weighted by atomic mass is 10.0. The number of amides is 3. The van der Waals surface area contributed by atoms with Gasteiger partial charge in [0.1, 0.15) is 0 Å². The van der Waals surface area contributed by atoms with E-state index in [1.54, 1.807) is 7.11 Å². The molecule has 2 rings (SSSR count). The zero-order chi connectivity index (χ0) is 16.5. The monoisotopic (exact) mass is 344 g/mol. The zero-order valence-corrected chi connectivity index (χ0v) is 14.5. The number of urea groups is 1. The molecule has 2 fully saturated rings. The van der Waals surface area contributed by atoms with Crippen LogP contribution in [0.25, 0.3) is 0 Å². The summed E-state index contributed by atoms with van der Waals surface area (Å²) >= 11 is 1.92. The highest BCUT2D eigenvalue weighted by atomic mass is 32.2. The summed E-state index contributed by atoms with van der Waals surface area (Å²) in [7, 11) is 1.67. The Balaban J connectivity index is 1.46. The van der Waals surface area contributed by atoms with E-state index in [1.165, 1.54) is 0 Å². The number of methoxy groups -OCH3 is 1. The van der Waals surface area contributed by atoms with Crippen LogP contribution >= 0.6 is 11.8 Å². The van der Waals surface area contributed by atoms with Crippen molar-refractivity contribution < 1.29 is 14.3 Å². The zero-order valence-electron chi connectivity index (χ0n) is 13.7. The number of carbonyl (C=O) groups is 2. The maximum Gasteiger partial charge on any atom is 0.315 e. The minimum absolute atomic E-state index is 0.0382. The molecule has 23 heavy (non-hydrogen) atoms. The maximum atomic E-state index is 11.7. The van der Waals surface area contributed by atoms with Gasteiger partial charge in [-0.05, 0) is 12.8 Å². The molecule has 3 amide bonds. The van der Waals surface area contributed by atoms with Gasteiger partial charge in [0.25, 0.3) is 0 Å². The van der Waals surface area contributed by atoms with E-state index in [4.69, 9.17) is 4.74 Å². The number of unbranched alkanes of at least 4 members (excludes halogenated alkanes) is 1. The van der Waals surface area contributed by atoms with Crippen molar-refractivity contribution in [2.24, 2.45) is 0 Å². The molecule has 0 aromatic carbocycles. The van der Waals surface area contributed by atoms with E-state index in [0.717, 1.165) is 38.1 Å². The van der Waals surface area contributed by atoms with Gasteiger partial charge in [-0.2, -0.15) is 11.8 Å². The first-order valence-corrected chi connectivity index (χ1v) is 9.40. The lowest BCUT2D eigenvalue weighted by molar-refractivity contribution is -0.121. The van der Waals surface area contributed by atoms with Crippen molar-refractivity contribution in [3.63, 3.8) is 0 Å². The van der Waals surface area contributed by atoms with Crippen LogP contribution in [0, 0.1) is 0 Å². The normalized spacial score (nSPS) is 25.8. The fourth-order valence-electron chi connectivity index (χ4n) is 2.95. The van der Waals surface area contributed by atoms with E-state index < -0.39 is 0 Å². The molecular formula is C15H28N4O3S. The Labute approximate surface area is 142 Å². The summed E-state index contributed by atoms with van der Waals surface area (Å²) in [6.07, 6.45) is 3.56. The van der Waals surface area contributed by atoms with E-state index in [9.17, 15) is 9.59 Å². The van der Waals surface area contributed by atoms with Crippen molar-refractivity contribution in [3.8, 4) is 0 Å². The molecular weight excluding hydrogens is 316 g/mol. The van der Waals surface area contributed by atoms with Crippen LogP contribution in [0.3, 0.4) is 0 Å². The van der Waals surface area contributed by atoms with Gasteiger partial charge in [-0.15, -0.1) is 0 Å². The number of ether oxygens (including phenoxy) is 1. The molecule has 0 aliphatic carbocycles. The van der Waals surface area contributed by atoms with Crippen LogP contribution in [0.1, 0.15) is 25.7 Å². The topological polar surface area (TPSA) is 91.5 Å². The van der Waals surface area contributed by atoms with E-state index >= 15 is 0 Å². The molecule has 3 atom stereocenters. The molecule has 132 valence electrons. The first kappa shape index (κ1) is 18.4. The summed E-state index contributed by atoms with van der Waals surface area (Å²) < 4.78 is 4.93. The van der Waals surface area contributed by atoms with Gasteiger partial charge < -0.3 is 26.0 Å². The molecule has 4 N–H and O–H groups in total. The number of thioether (sulfide) groups is 1. The standard InChI is InChI=1S/C15H28N4O3S/c1-22-9-8-16-6-7-17-13(20)5-3-2-4-12-14-11(10-23-12)18-15(21)19-14/h11-12,14,16H,2-10H2,1H3,(H,17,20)(H2,18,19,21)/t11-,12-,14-/m0/s1. The average molecular weight is 344 g/mol. The van der Waals surface area contributed by atoms with Gasteiger partial charge in [-0.25, -0.2) is 4.79 Å². The van der Waals surface area contributed by atoms with E-state index in [2.05, 4.69) is 21.3 Å². The summed E-state index contributed by atoms with van der Waals surface area (Å²) in [5.41, 5.74) is 0. The highest BCUT2D eigenvalue weighted by Gasteiger charge is 2.42. The van der Waals surface area contributed by atoms with E-state index in [-0.39, 0.29) is 24.0 Å². The van der Waals surface area contributed by atoms with Gasteiger partial charge >= 0.3 is 6.03 Å². The lowest BCUT2D eigenvalue weighted by Gasteiger charge is -2.16. The smallest absolute Gasteiger partial charge is 0.315 e. The Morgan fingerprint density at radius 3 is 3.00 bits per heavy atom. The summed E-state index contributed by atoms with van der Waals surface area (Å²) in [4.78, 5) is 23.0. The number of fused-ring (bicyclic) bond motifs is 1. The molecule has 8 heteroatoms. The second-order valence-electron chi connectivity index (χ2n) is 5.96. The van der Waals surface area contributed by atoms with Gasteiger partial charge in [-0.1, -0.05) is 6.42 Å². The van der Waals surface area contributed by atoms with Crippen LogP contribution < -0.4 is 21.3 Å². The summed E-state index contributed by atoms with van der Waals surface area (Å²) in [5, 5.41) is 12.5. The molecule has 0 aromatic rings. The van der Waals surface area contributed by atoms with Crippen LogP contribution in [-0.4, -0.2) is 68.4 Å². The first-order valence-electron chi connectivity index (χ1n) is 8.35. The Bertz CT molecular complexity index is 397. The third-order valence-corrected chi connectivity index (χ3v) is 5.70. The van der Waals surface area contributed by atoms with Gasteiger partial charge in [0, 0.05) is 44.2 Å². The van der Waals surface area contributed by atoms with Crippen LogP contribution in [0.5, 0.6) is 0 Å². The van der Waals surface area contributed by atoms with Crippen molar-refractivity contribution in [1.29, 1.82) is 0 Å². The third kappa shape index (κ3) is 6.19. The van der Waals surface area contributed by atoms with Crippen molar-refractivity contribution in [1.82, 2.24) is 21.3 Å². The van der Waals surface area contributed by atoms with E-state index in [1.807, 2.05) is 11.8 Å². The molecule has 7 nitrogen and oxygen atoms in total. The lowest BCUT2D eigenvalue weighted by Crippen LogP contribution is -2.36. The molecule has 0 unspecified atom stereocenters. The van der Waals surface area contributed by atoms with Gasteiger partial charge in [0.15, 0.2) is 0 Å². The summed E-state index contributed by atoms with van der Waals surface area (Å²) in [6.45, 7) is 2.91. The molecule has 0 aromatic heterocycles.